The van der Waals surface area contributed by atoms with Crippen molar-refractivity contribution in [2.45, 2.75) is 13.3 Å². The smallest absolute Gasteiger partial charge is 0.236 e. The second-order valence-corrected chi connectivity index (χ2v) is 3.37. The highest BCUT2D eigenvalue weighted by molar-refractivity contribution is 5.74. The first-order valence-electron chi connectivity index (χ1n) is 5.16. The summed E-state index contributed by atoms with van der Waals surface area (Å²) in [5.41, 5.74) is 3.37. The highest BCUT2D eigenvalue weighted by atomic mass is 16.5. The molecule has 0 heterocycles. The number of benzene rings is 1. The topological polar surface area (TPSA) is 59.9 Å². The second-order valence-electron chi connectivity index (χ2n) is 3.37. The molecule has 5 heteroatoms. The Labute approximate surface area is 100 Å². The molecule has 0 aromatic heterocycles. The van der Waals surface area contributed by atoms with Gasteiger partial charge in [0.05, 0.1) is 14.2 Å². The number of nitrogens with one attached hydrogen (secondary N) is 1. The Morgan fingerprint density at radius 2 is 2.06 bits per heavy atom. The van der Waals surface area contributed by atoms with Gasteiger partial charge in [0.2, 0.25) is 5.91 Å². The largest absolute Gasteiger partial charge is 0.493 e. The number of nitrogens with zero attached hydrogens (tertiary/aromatic N) is 1. The summed E-state index contributed by atoms with van der Waals surface area (Å²) >= 11 is 0. The molecule has 0 radical (unpaired) electrons. The lowest BCUT2D eigenvalue weighted by atomic mass is 10.1. The maximum atomic E-state index is 10.6. The molecule has 0 bridgehead atoms. The van der Waals surface area contributed by atoms with E-state index in [1.54, 1.807) is 20.4 Å². The molecule has 5 nitrogen and oxygen atoms in total. The minimum atomic E-state index is -0.187. The molecule has 0 saturated carbocycles. The molecule has 1 N–H and O–H groups in total. The first-order valence-corrected chi connectivity index (χ1v) is 5.16. The molecular weight excluding hydrogens is 220 g/mol. The fourth-order valence-electron chi connectivity index (χ4n) is 1.30. The number of carbonyl (C=O) groups is 1. The van der Waals surface area contributed by atoms with E-state index in [0.717, 1.165) is 5.56 Å². The molecule has 1 rings (SSSR count). The predicted molar refractivity (Wildman–Crippen MR) is 65.6 cm³/mol. The zero-order valence-electron chi connectivity index (χ0n) is 10.2. The number of hydrazone groups is 1. The van der Waals surface area contributed by atoms with Crippen molar-refractivity contribution in [1.82, 2.24) is 5.43 Å². The van der Waals surface area contributed by atoms with Crippen LogP contribution >= 0.6 is 0 Å². The van der Waals surface area contributed by atoms with Gasteiger partial charge in [-0.3, -0.25) is 4.79 Å². The maximum absolute atomic E-state index is 10.6. The molecule has 1 aromatic rings. The summed E-state index contributed by atoms with van der Waals surface area (Å²) in [6.07, 6.45) is 2.24. The summed E-state index contributed by atoms with van der Waals surface area (Å²) < 4.78 is 10.3. The summed E-state index contributed by atoms with van der Waals surface area (Å²) in [4.78, 5) is 10.6. The van der Waals surface area contributed by atoms with Crippen LogP contribution in [0.3, 0.4) is 0 Å². The lowest BCUT2D eigenvalue weighted by Gasteiger charge is -2.08. The molecule has 92 valence electrons. The third-order valence-electron chi connectivity index (χ3n) is 2.09. The number of carbonyl (C=O) groups excluding carboxylic acids is 1. The van der Waals surface area contributed by atoms with Crippen molar-refractivity contribution < 1.29 is 14.3 Å². The van der Waals surface area contributed by atoms with E-state index in [2.05, 4.69) is 10.5 Å². The summed E-state index contributed by atoms with van der Waals surface area (Å²) in [6, 6.07) is 5.63. The van der Waals surface area contributed by atoms with Crippen LogP contribution in [0.2, 0.25) is 0 Å². The summed E-state index contributed by atoms with van der Waals surface area (Å²) in [7, 11) is 3.18. The van der Waals surface area contributed by atoms with Gasteiger partial charge in [-0.1, -0.05) is 6.07 Å². The molecular formula is C12H16N2O3. The van der Waals surface area contributed by atoms with Gasteiger partial charge in [-0.05, 0) is 17.7 Å². The van der Waals surface area contributed by atoms with E-state index in [4.69, 9.17) is 9.47 Å². The quantitative estimate of drug-likeness (QED) is 0.620. The normalized spacial score (nSPS) is 10.3. The second kappa shape index (κ2) is 6.52. The minimum absolute atomic E-state index is 0.187. The zero-order valence-corrected chi connectivity index (χ0v) is 10.2. The van der Waals surface area contributed by atoms with Crippen LogP contribution < -0.4 is 14.9 Å². The van der Waals surface area contributed by atoms with Gasteiger partial charge in [-0.25, -0.2) is 5.43 Å². The van der Waals surface area contributed by atoms with Crippen LogP contribution in [0.1, 0.15) is 12.5 Å². The van der Waals surface area contributed by atoms with Gasteiger partial charge in [0.1, 0.15) is 0 Å². The Kier molecular flexibility index (Phi) is 5.00. The van der Waals surface area contributed by atoms with E-state index < -0.39 is 0 Å². The number of hydrogen-bond acceptors (Lipinski definition) is 4. The number of methoxy groups -OCH3 is 2. The highest BCUT2D eigenvalue weighted by Gasteiger charge is 2.03. The molecule has 0 aliphatic heterocycles. The van der Waals surface area contributed by atoms with E-state index in [-0.39, 0.29) is 5.91 Å². The number of rotatable bonds is 5. The van der Waals surface area contributed by atoms with Crippen molar-refractivity contribution in [2.75, 3.05) is 14.2 Å². The van der Waals surface area contributed by atoms with Crippen LogP contribution in [-0.2, 0) is 11.2 Å². The molecule has 1 aromatic carbocycles. The van der Waals surface area contributed by atoms with Gasteiger partial charge in [0.15, 0.2) is 11.5 Å². The molecule has 0 saturated heterocycles. The fraction of sp³-hybridized carbons (Fsp3) is 0.333. The van der Waals surface area contributed by atoms with Crippen molar-refractivity contribution in [1.29, 1.82) is 0 Å². The fourth-order valence-corrected chi connectivity index (χ4v) is 1.30. The van der Waals surface area contributed by atoms with Crippen LogP contribution in [0.4, 0.5) is 0 Å². The Morgan fingerprint density at radius 3 is 2.65 bits per heavy atom. The van der Waals surface area contributed by atoms with Gasteiger partial charge in [0, 0.05) is 19.6 Å². The number of hydrogen-bond donors (Lipinski definition) is 1. The first-order chi connectivity index (χ1) is 8.17. The predicted octanol–water partition coefficient (Wildman–Crippen LogP) is 1.37. The summed E-state index contributed by atoms with van der Waals surface area (Å²) in [5.74, 6) is 1.18. The molecule has 0 spiro atoms. The highest BCUT2D eigenvalue weighted by Crippen LogP contribution is 2.27. The molecule has 0 fully saturated rings. The zero-order chi connectivity index (χ0) is 12.7. The third-order valence-corrected chi connectivity index (χ3v) is 2.09. The van der Waals surface area contributed by atoms with Crippen molar-refractivity contribution in [3.8, 4) is 11.5 Å². The summed E-state index contributed by atoms with van der Waals surface area (Å²) in [6.45, 7) is 1.41. The number of ether oxygens (including phenoxy) is 2. The monoisotopic (exact) mass is 236 g/mol. The Bertz CT molecular complexity index is 416. The molecule has 17 heavy (non-hydrogen) atoms. The lowest BCUT2D eigenvalue weighted by molar-refractivity contribution is -0.118. The average molecular weight is 236 g/mol. The minimum Gasteiger partial charge on any atom is -0.493 e. The van der Waals surface area contributed by atoms with Gasteiger partial charge >= 0.3 is 0 Å². The van der Waals surface area contributed by atoms with Crippen LogP contribution in [0.5, 0.6) is 11.5 Å². The lowest BCUT2D eigenvalue weighted by Crippen LogP contribution is -2.12. The van der Waals surface area contributed by atoms with Crippen molar-refractivity contribution >= 4 is 12.1 Å². The average Bonchev–Trinajstić information content (AvgIpc) is 2.34. The van der Waals surface area contributed by atoms with Gasteiger partial charge in [-0.2, -0.15) is 5.10 Å². The first kappa shape index (κ1) is 13.0. The van der Waals surface area contributed by atoms with Gasteiger partial charge in [0.25, 0.3) is 0 Å². The molecule has 0 unspecified atom stereocenters. The Hall–Kier alpha value is -2.04. The van der Waals surface area contributed by atoms with E-state index in [1.165, 1.54) is 6.92 Å². The van der Waals surface area contributed by atoms with Crippen molar-refractivity contribution in [2.24, 2.45) is 5.10 Å². The molecule has 0 atom stereocenters. The van der Waals surface area contributed by atoms with Crippen LogP contribution in [-0.4, -0.2) is 26.3 Å². The summed E-state index contributed by atoms with van der Waals surface area (Å²) in [5, 5.41) is 3.77. The van der Waals surface area contributed by atoms with Crippen molar-refractivity contribution in [3.63, 3.8) is 0 Å². The number of amides is 1. The van der Waals surface area contributed by atoms with Crippen LogP contribution in [0, 0.1) is 0 Å². The van der Waals surface area contributed by atoms with E-state index >= 15 is 0 Å². The molecule has 1 amide bonds. The molecule has 0 aliphatic rings. The van der Waals surface area contributed by atoms with Gasteiger partial charge < -0.3 is 9.47 Å². The van der Waals surface area contributed by atoms with E-state index in [9.17, 15) is 4.79 Å². The third kappa shape index (κ3) is 4.14. The standard InChI is InChI=1S/C12H16N2O3/c1-9(15)14-13-7-6-10-4-5-11(16-2)12(8-10)17-3/h4-5,7-8H,6H2,1-3H3,(H,14,15)/b13-7+. The maximum Gasteiger partial charge on any atom is 0.236 e. The van der Waals surface area contributed by atoms with Crippen LogP contribution in [0.25, 0.3) is 0 Å². The molecule has 0 aliphatic carbocycles. The van der Waals surface area contributed by atoms with Crippen LogP contribution in [0.15, 0.2) is 23.3 Å². The van der Waals surface area contributed by atoms with Gasteiger partial charge in [-0.15, -0.1) is 0 Å². The van der Waals surface area contributed by atoms with E-state index in [1.807, 2.05) is 18.2 Å². The van der Waals surface area contributed by atoms with Crippen molar-refractivity contribution in [3.05, 3.63) is 23.8 Å². The van der Waals surface area contributed by atoms with E-state index in [0.29, 0.717) is 17.9 Å². The Morgan fingerprint density at radius 1 is 1.35 bits per heavy atom. The Balaban J connectivity index is 2.66. The SMILES string of the molecule is COc1ccc(C/C=N/NC(C)=O)cc1OC.